The maximum Gasteiger partial charge on any atom is 0.187 e. The van der Waals surface area contributed by atoms with E-state index in [0.29, 0.717) is 5.92 Å². The summed E-state index contributed by atoms with van der Waals surface area (Å²) in [6, 6.07) is 2.21. The fraction of sp³-hybridized carbons (Fsp3) is 0.550. The molecule has 0 spiro atoms. The summed E-state index contributed by atoms with van der Waals surface area (Å²) in [4.78, 5) is 13.3. The number of hydrogen-bond donors (Lipinski definition) is 0. The van der Waals surface area contributed by atoms with Crippen molar-refractivity contribution in [2.24, 2.45) is 0 Å². The number of anilines is 1. The van der Waals surface area contributed by atoms with Gasteiger partial charge in [-0.25, -0.2) is 14.5 Å². The van der Waals surface area contributed by atoms with Crippen molar-refractivity contribution in [1.82, 2.24) is 19.6 Å². The molecule has 0 bridgehead atoms. The first-order valence-electron chi connectivity index (χ1n) is 9.89. The van der Waals surface area contributed by atoms with E-state index in [2.05, 4.69) is 65.8 Å². The Hall–Kier alpha value is -1.26. The Morgan fingerprint density at radius 2 is 1.89 bits per heavy atom. The quantitative estimate of drug-likeness (QED) is 0.460. The molecule has 0 N–H and O–H groups in total. The van der Waals surface area contributed by atoms with E-state index in [4.69, 9.17) is 19.8 Å². The van der Waals surface area contributed by atoms with Crippen LogP contribution in [0.2, 0.25) is 0 Å². The second-order valence-electron chi connectivity index (χ2n) is 7.25. The van der Waals surface area contributed by atoms with E-state index < -0.39 is 0 Å². The highest BCUT2D eigenvalue weighted by atomic mass is 127. The number of morpholine rings is 1. The molecule has 4 rings (SSSR count). The molecule has 150 valence electrons. The van der Waals surface area contributed by atoms with Gasteiger partial charge in [-0.15, -0.1) is 0 Å². The Morgan fingerprint density at radius 3 is 2.57 bits per heavy atom. The second-order valence-corrected chi connectivity index (χ2v) is 9.25. The van der Waals surface area contributed by atoms with Crippen molar-refractivity contribution < 1.29 is 4.74 Å². The van der Waals surface area contributed by atoms with Gasteiger partial charge in [0.2, 0.25) is 0 Å². The van der Waals surface area contributed by atoms with Gasteiger partial charge in [-0.1, -0.05) is 25.2 Å². The topological polar surface area (TPSA) is 55.5 Å². The van der Waals surface area contributed by atoms with E-state index >= 15 is 0 Å². The molecule has 3 aromatic heterocycles. The number of rotatable bonds is 5. The number of aromatic nitrogens is 4. The number of halogens is 1. The summed E-state index contributed by atoms with van der Waals surface area (Å²) in [6.07, 6.45) is 2.21. The third-order valence-corrected chi connectivity index (χ3v) is 7.68. The molecule has 0 amide bonds. The van der Waals surface area contributed by atoms with Gasteiger partial charge in [0.05, 0.1) is 29.5 Å². The van der Waals surface area contributed by atoms with E-state index in [-0.39, 0.29) is 0 Å². The third kappa shape index (κ3) is 3.54. The lowest BCUT2D eigenvalue weighted by molar-refractivity contribution is 0.122. The molecule has 0 aromatic carbocycles. The van der Waals surface area contributed by atoms with Crippen LogP contribution >= 0.6 is 33.9 Å². The van der Waals surface area contributed by atoms with Crippen LogP contribution in [0.5, 0.6) is 0 Å². The van der Waals surface area contributed by atoms with Gasteiger partial charge in [0.1, 0.15) is 9.39 Å². The fourth-order valence-corrected chi connectivity index (χ4v) is 5.96. The molecular weight excluding hydrogens is 485 g/mol. The Kier molecular flexibility index (Phi) is 5.89. The van der Waals surface area contributed by atoms with Crippen LogP contribution in [0.25, 0.3) is 16.2 Å². The zero-order chi connectivity index (χ0) is 19.8. The summed E-state index contributed by atoms with van der Waals surface area (Å²) in [7, 11) is 0. The zero-order valence-electron chi connectivity index (χ0n) is 16.8. The predicted octanol–water partition coefficient (Wildman–Crippen LogP) is 4.81. The number of nitrogens with zero attached hydrogens (tertiary/aromatic N) is 5. The molecule has 0 radical (unpaired) electrons. The number of hydrogen-bond acceptors (Lipinski definition) is 6. The van der Waals surface area contributed by atoms with Gasteiger partial charge < -0.3 is 9.64 Å². The van der Waals surface area contributed by atoms with Gasteiger partial charge in [-0.2, -0.15) is 5.10 Å². The van der Waals surface area contributed by atoms with Crippen LogP contribution in [-0.2, 0) is 4.74 Å². The molecule has 1 aliphatic rings. The monoisotopic (exact) mass is 511 g/mol. The van der Waals surface area contributed by atoms with Gasteiger partial charge in [0.25, 0.3) is 0 Å². The molecule has 8 heteroatoms. The lowest BCUT2D eigenvalue weighted by atomic mass is 9.95. The minimum absolute atomic E-state index is 0.503. The van der Waals surface area contributed by atoms with Gasteiger partial charge in [0.15, 0.2) is 10.8 Å². The van der Waals surface area contributed by atoms with E-state index in [1.807, 2.05) is 0 Å². The lowest BCUT2D eigenvalue weighted by Gasteiger charge is -2.25. The first-order chi connectivity index (χ1) is 13.5. The summed E-state index contributed by atoms with van der Waals surface area (Å²) in [5.41, 5.74) is 5.41. The predicted molar refractivity (Wildman–Crippen MR) is 123 cm³/mol. The Balaban J connectivity index is 1.85. The van der Waals surface area contributed by atoms with Crippen molar-refractivity contribution in [1.29, 1.82) is 0 Å². The lowest BCUT2D eigenvalue weighted by Crippen LogP contribution is -2.36. The highest BCUT2D eigenvalue weighted by Crippen LogP contribution is 2.39. The van der Waals surface area contributed by atoms with Crippen molar-refractivity contribution >= 4 is 44.7 Å². The smallest absolute Gasteiger partial charge is 0.187 e. The first kappa shape index (κ1) is 20.0. The average Bonchev–Trinajstić information content (AvgIpc) is 3.22. The van der Waals surface area contributed by atoms with Crippen LogP contribution in [0.4, 0.5) is 5.13 Å². The van der Waals surface area contributed by atoms with E-state index in [1.54, 1.807) is 11.3 Å². The SMILES string of the molecule is CCC(CC)c1cc(C)nn2c(-c3sc(N4CCOCC4)nc3I)c(C)nc12. The molecule has 1 saturated heterocycles. The van der Waals surface area contributed by atoms with E-state index in [0.717, 1.165) is 75.6 Å². The zero-order valence-corrected chi connectivity index (χ0v) is 19.8. The molecule has 0 atom stereocenters. The second kappa shape index (κ2) is 8.23. The fourth-order valence-electron chi connectivity index (χ4n) is 3.90. The van der Waals surface area contributed by atoms with Crippen LogP contribution in [0.1, 0.15) is 49.6 Å². The summed E-state index contributed by atoms with van der Waals surface area (Å²) in [6.45, 7) is 12.0. The molecule has 0 unspecified atom stereocenters. The van der Waals surface area contributed by atoms with Crippen LogP contribution in [0.3, 0.4) is 0 Å². The summed E-state index contributed by atoms with van der Waals surface area (Å²) in [5, 5.41) is 5.90. The van der Waals surface area contributed by atoms with Crippen LogP contribution in [-0.4, -0.2) is 45.9 Å². The van der Waals surface area contributed by atoms with Crippen molar-refractivity contribution in [3.05, 3.63) is 26.7 Å². The minimum Gasteiger partial charge on any atom is -0.378 e. The molecule has 1 aliphatic heterocycles. The Labute approximate surface area is 183 Å². The number of fused-ring (bicyclic) bond motifs is 1. The maximum absolute atomic E-state index is 5.49. The number of thiazole rings is 1. The largest absolute Gasteiger partial charge is 0.378 e. The molecule has 3 aromatic rings. The van der Waals surface area contributed by atoms with Gasteiger partial charge in [-0.3, -0.25) is 0 Å². The van der Waals surface area contributed by atoms with E-state index in [1.165, 1.54) is 5.56 Å². The normalized spacial score (nSPS) is 15.1. The standard InChI is InChI=1S/C20H26IN5OS/c1-5-14(6-2)15-11-12(3)24-26-16(13(4)22-19(15)26)17-18(21)23-20(28-17)25-7-9-27-10-8-25/h11,14H,5-10H2,1-4H3. The maximum atomic E-state index is 5.49. The minimum atomic E-state index is 0.503. The van der Waals surface area contributed by atoms with Gasteiger partial charge in [-0.05, 0) is 61.3 Å². The highest BCUT2D eigenvalue weighted by Gasteiger charge is 2.24. The summed E-state index contributed by atoms with van der Waals surface area (Å²) >= 11 is 4.08. The summed E-state index contributed by atoms with van der Waals surface area (Å²) in [5.74, 6) is 0.503. The highest BCUT2D eigenvalue weighted by molar-refractivity contribution is 14.1. The Morgan fingerprint density at radius 1 is 1.18 bits per heavy atom. The number of ether oxygens (including phenoxy) is 1. The van der Waals surface area contributed by atoms with E-state index in [9.17, 15) is 0 Å². The van der Waals surface area contributed by atoms with Crippen LogP contribution < -0.4 is 4.90 Å². The van der Waals surface area contributed by atoms with Gasteiger partial charge in [0, 0.05) is 18.7 Å². The van der Waals surface area contributed by atoms with Crippen molar-refractivity contribution in [3.8, 4) is 10.6 Å². The molecule has 4 heterocycles. The first-order valence-corrected chi connectivity index (χ1v) is 11.8. The van der Waals surface area contributed by atoms with Crippen molar-refractivity contribution in [2.45, 2.75) is 46.5 Å². The van der Waals surface area contributed by atoms with Crippen LogP contribution in [0.15, 0.2) is 6.07 Å². The molecule has 6 nitrogen and oxygen atoms in total. The Bertz CT molecular complexity index is 988. The third-order valence-electron chi connectivity index (χ3n) is 5.41. The number of imidazole rings is 1. The molecular formula is C20H26IN5OS. The molecule has 28 heavy (non-hydrogen) atoms. The average molecular weight is 511 g/mol. The van der Waals surface area contributed by atoms with Crippen molar-refractivity contribution in [3.63, 3.8) is 0 Å². The molecule has 0 aliphatic carbocycles. The van der Waals surface area contributed by atoms with Crippen LogP contribution in [0, 0.1) is 17.5 Å². The number of aryl methyl sites for hydroxylation is 2. The summed E-state index contributed by atoms with van der Waals surface area (Å²) < 4.78 is 8.55. The van der Waals surface area contributed by atoms with Gasteiger partial charge >= 0.3 is 0 Å². The van der Waals surface area contributed by atoms with Crippen molar-refractivity contribution in [2.75, 3.05) is 31.2 Å². The molecule has 1 fully saturated rings. The molecule has 0 saturated carbocycles.